The van der Waals surface area contributed by atoms with Crippen LogP contribution in [-0.2, 0) is 17.6 Å². The van der Waals surface area contributed by atoms with Gasteiger partial charge < -0.3 is 14.8 Å². The summed E-state index contributed by atoms with van der Waals surface area (Å²) < 4.78 is 47.5. The van der Waals surface area contributed by atoms with Gasteiger partial charge in [0.15, 0.2) is 0 Å². The smallest absolute Gasteiger partial charge is 0.471 e. The molecule has 0 aliphatic carbocycles. The van der Waals surface area contributed by atoms with Crippen molar-refractivity contribution in [1.82, 2.24) is 5.32 Å². The van der Waals surface area contributed by atoms with Gasteiger partial charge in [0, 0.05) is 11.4 Å². The van der Waals surface area contributed by atoms with Gasteiger partial charge in [-0.3, -0.25) is 4.79 Å². The number of alkyl halides is 4. The summed E-state index contributed by atoms with van der Waals surface area (Å²) in [6.07, 6.45) is -3.98. The van der Waals surface area contributed by atoms with Gasteiger partial charge >= 0.3 is 12.1 Å². The Morgan fingerprint density at radius 1 is 1.22 bits per heavy atom. The highest BCUT2D eigenvalue weighted by Crippen LogP contribution is 2.30. The number of hydrogen-bond acceptors (Lipinski definition) is 3. The van der Waals surface area contributed by atoms with Crippen LogP contribution in [0.1, 0.15) is 18.1 Å². The maximum absolute atomic E-state index is 12.3. The van der Waals surface area contributed by atoms with Crippen molar-refractivity contribution in [2.75, 3.05) is 19.5 Å². The van der Waals surface area contributed by atoms with Gasteiger partial charge in [-0.25, -0.2) is 0 Å². The zero-order valence-corrected chi connectivity index (χ0v) is 14.7. The minimum Gasteiger partial charge on any atom is -0.496 e. The minimum atomic E-state index is -4.89. The van der Waals surface area contributed by atoms with E-state index in [0.717, 1.165) is 17.3 Å². The largest absolute Gasteiger partial charge is 0.496 e. The SMILES string of the molecule is COc1cc(C[C@@H](C)NC(=O)C(F)(F)F)c(OC)cc1CCBr. The van der Waals surface area contributed by atoms with Crippen molar-refractivity contribution in [3.63, 3.8) is 0 Å². The predicted molar refractivity (Wildman–Crippen MR) is 84.4 cm³/mol. The molecule has 1 amide bonds. The van der Waals surface area contributed by atoms with Crippen LogP contribution in [0.3, 0.4) is 0 Å². The summed E-state index contributed by atoms with van der Waals surface area (Å²) in [7, 11) is 3.01. The Kier molecular flexibility index (Phi) is 7.18. The van der Waals surface area contributed by atoms with E-state index < -0.39 is 18.1 Å². The van der Waals surface area contributed by atoms with Crippen LogP contribution >= 0.6 is 15.9 Å². The Morgan fingerprint density at radius 2 is 1.74 bits per heavy atom. The third kappa shape index (κ3) is 5.60. The highest BCUT2D eigenvalue weighted by molar-refractivity contribution is 9.09. The number of hydrogen-bond donors (Lipinski definition) is 1. The number of methoxy groups -OCH3 is 2. The average Bonchev–Trinajstić information content (AvgIpc) is 2.47. The lowest BCUT2D eigenvalue weighted by molar-refractivity contribution is -0.174. The summed E-state index contributed by atoms with van der Waals surface area (Å²) >= 11 is 3.35. The van der Waals surface area contributed by atoms with Crippen molar-refractivity contribution < 1.29 is 27.4 Å². The molecule has 1 atom stereocenters. The molecule has 0 spiro atoms. The van der Waals surface area contributed by atoms with Crippen LogP contribution in [0.2, 0.25) is 0 Å². The fraction of sp³-hybridized carbons (Fsp3) is 0.533. The maximum atomic E-state index is 12.3. The Morgan fingerprint density at radius 3 is 2.22 bits per heavy atom. The number of amides is 1. The molecule has 0 fully saturated rings. The second-order valence-electron chi connectivity index (χ2n) is 4.99. The van der Waals surface area contributed by atoms with E-state index in [4.69, 9.17) is 9.47 Å². The third-order valence-electron chi connectivity index (χ3n) is 3.21. The highest BCUT2D eigenvalue weighted by atomic mass is 79.9. The van der Waals surface area contributed by atoms with Gasteiger partial charge in [0.25, 0.3) is 0 Å². The van der Waals surface area contributed by atoms with Crippen molar-refractivity contribution in [3.8, 4) is 11.5 Å². The van der Waals surface area contributed by atoms with E-state index in [1.165, 1.54) is 21.1 Å². The lowest BCUT2D eigenvalue weighted by Crippen LogP contribution is -2.42. The fourth-order valence-corrected chi connectivity index (χ4v) is 2.59. The molecule has 4 nitrogen and oxygen atoms in total. The number of carbonyl (C=O) groups is 1. The zero-order valence-electron chi connectivity index (χ0n) is 13.1. The molecule has 0 aromatic heterocycles. The van der Waals surface area contributed by atoms with Crippen LogP contribution in [-0.4, -0.2) is 37.7 Å². The molecule has 0 aliphatic heterocycles. The van der Waals surface area contributed by atoms with Crippen molar-refractivity contribution in [3.05, 3.63) is 23.3 Å². The molecule has 23 heavy (non-hydrogen) atoms. The van der Waals surface area contributed by atoms with Crippen molar-refractivity contribution >= 4 is 21.8 Å². The van der Waals surface area contributed by atoms with Crippen molar-refractivity contribution in [2.45, 2.75) is 32.0 Å². The second kappa shape index (κ2) is 8.42. The van der Waals surface area contributed by atoms with E-state index in [1.807, 2.05) is 5.32 Å². The summed E-state index contributed by atoms with van der Waals surface area (Å²) in [6, 6.07) is 2.82. The van der Waals surface area contributed by atoms with Gasteiger partial charge in [-0.05, 0) is 43.0 Å². The van der Waals surface area contributed by atoms with Gasteiger partial charge in [-0.1, -0.05) is 15.9 Å². The van der Waals surface area contributed by atoms with Crippen LogP contribution in [0.4, 0.5) is 13.2 Å². The molecule has 1 aromatic carbocycles. The number of halogens is 4. The Hall–Kier alpha value is -1.44. The quantitative estimate of drug-likeness (QED) is 0.718. The van der Waals surface area contributed by atoms with E-state index in [2.05, 4.69) is 15.9 Å². The Bertz CT molecular complexity index is 550. The molecule has 130 valence electrons. The van der Waals surface area contributed by atoms with Crippen LogP contribution in [0, 0.1) is 0 Å². The number of aryl methyl sites for hydroxylation is 1. The third-order valence-corrected chi connectivity index (χ3v) is 3.60. The predicted octanol–water partition coefficient (Wildman–Crippen LogP) is 3.25. The lowest BCUT2D eigenvalue weighted by atomic mass is 10.0. The second-order valence-corrected chi connectivity index (χ2v) is 5.78. The number of nitrogens with one attached hydrogen (secondary N) is 1. The summed E-state index contributed by atoms with van der Waals surface area (Å²) in [5.41, 5.74) is 1.59. The molecule has 1 N–H and O–H groups in total. The number of rotatable bonds is 7. The summed E-state index contributed by atoms with van der Waals surface area (Å²) in [4.78, 5) is 11.0. The molecule has 0 saturated carbocycles. The van der Waals surface area contributed by atoms with Gasteiger partial charge in [0.2, 0.25) is 0 Å². The van der Waals surface area contributed by atoms with Gasteiger partial charge in [0.05, 0.1) is 14.2 Å². The van der Waals surface area contributed by atoms with E-state index in [1.54, 1.807) is 12.1 Å². The first-order valence-corrected chi connectivity index (χ1v) is 8.02. The summed E-state index contributed by atoms with van der Waals surface area (Å²) in [6.45, 7) is 1.50. The molecular weight excluding hydrogens is 379 g/mol. The summed E-state index contributed by atoms with van der Waals surface area (Å²) in [5.74, 6) is -0.767. The maximum Gasteiger partial charge on any atom is 0.471 e. The van der Waals surface area contributed by atoms with E-state index in [9.17, 15) is 18.0 Å². The molecule has 1 rings (SSSR count). The van der Waals surface area contributed by atoms with Gasteiger partial charge in [0.1, 0.15) is 11.5 Å². The fourth-order valence-electron chi connectivity index (χ4n) is 2.17. The molecule has 0 bridgehead atoms. The van der Waals surface area contributed by atoms with E-state index >= 15 is 0 Å². The topological polar surface area (TPSA) is 47.6 Å². The van der Waals surface area contributed by atoms with E-state index in [0.29, 0.717) is 17.1 Å². The molecular formula is C15H19BrF3NO3. The number of carbonyl (C=O) groups excluding carboxylic acids is 1. The molecule has 1 aromatic rings. The molecule has 0 aliphatic rings. The minimum absolute atomic E-state index is 0.190. The molecule has 0 unspecified atom stereocenters. The van der Waals surface area contributed by atoms with Crippen LogP contribution in [0.25, 0.3) is 0 Å². The Balaban J connectivity index is 2.96. The first-order chi connectivity index (χ1) is 10.7. The Labute approximate surface area is 141 Å². The molecule has 0 radical (unpaired) electrons. The first-order valence-electron chi connectivity index (χ1n) is 6.90. The summed E-state index contributed by atoms with van der Waals surface area (Å²) in [5, 5.41) is 2.67. The van der Waals surface area contributed by atoms with Crippen LogP contribution in [0.5, 0.6) is 11.5 Å². The van der Waals surface area contributed by atoms with Crippen molar-refractivity contribution in [1.29, 1.82) is 0 Å². The van der Waals surface area contributed by atoms with E-state index in [-0.39, 0.29) is 6.42 Å². The first kappa shape index (κ1) is 19.6. The molecule has 8 heteroatoms. The molecule has 0 heterocycles. The zero-order chi connectivity index (χ0) is 17.6. The van der Waals surface area contributed by atoms with Gasteiger partial charge in [-0.15, -0.1) is 0 Å². The van der Waals surface area contributed by atoms with Gasteiger partial charge in [-0.2, -0.15) is 13.2 Å². The molecule has 0 saturated heterocycles. The van der Waals surface area contributed by atoms with Crippen molar-refractivity contribution in [2.24, 2.45) is 0 Å². The standard InChI is InChI=1S/C15H19BrF3NO3/c1-9(20-14(21)15(17,18)19)6-11-8-12(22-2)10(4-5-16)7-13(11)23-3/h7-9H,4-6H2,1-3H3,(H,20,21)/t9-/m1/s1. The van der Waals surface area contributed by atoms with Crippen LogP contribution in [0.15, 0.2) is 12.1 Å². The lowest BCUT2D eigenvalue weighted by Gasteiger charge is -2.19. The highest BCUT2D eigenvalue weighted by Gasteiger charge is 2.39. The monoisotopic (exact) mass is 397 g/mol. The number of ether oxygens (including phenoxy) is 2. The van der Waals surface area contributed by atoms with Crippen LogP contribution < -0.4 is 14.8 Å². The number of benzene rings is 1. The average molecular weight is 398 g/mol. The normalized spacial score (nSPS) is 12.7.